The van der Waals surface area contributed by atoms with Crippen molar-refractivity contribution in [3.63, 3.8) is 0 Å². The molecular formula is C21H18N2O2S. The summed E-state index contributed by atoms with van der Waals surface area (Å²) in [6.07, 6.45) is 0. The van der Waals surface area contributed by atoms with Gasteiger partial charge >= 0.3 is 0 Å². The van der Waals surface area contributed by atoms with Crippen molar-refractivity contribution in [3.8, 4) is 16.9 Å². The highest BCUT2D eigenvalue weighted by Gasteiger charge is 2.09. The Labute approximate surface area is 157 Å². The fourth-order valence-electron chi connectivity index (χ4n) is 2.44. The summed E-state index contributed by atoms with van der Waals surface area (Å²) in [5.74, 6) is 0.319. The average Bonchev–Trinajstić information content (AvgIpc) is 2.68. The van der Waals surface area contributed by atoms with Crippen molar-refractivity contribution < 1.29 is 9.53 Å². The first-order valence-electron chi connectivity index (χ1n) is 8.15. The van der Waals surface area contributed by atoms with Crippen LogP contribution in [0, 0.1) is 0 Å². The number of thiocarbonyl (C=S) groups is 1. The number of hydrogen-bond acceptors (Lipinski definition) is 3. The van der Waals surface area contributed by atoms with Crippen molar-refractivity contribution in [2.24, 2.45) is 0 Å². The first-order valence-corrected chi connectivity index (χ1v) is 8.56. The van der Waals surface area contributed by atoms with E-state index in [1.165, 1.54) is 0 Å². The molecule has 3 aromatic rings. The van der Waals surface area contributed by atoms with Gasteiger partial charge < -0.3 is 10.1 Å². The minimum Gasteiger partial charge on any atom is -0.484 e. The lowest BCUT2D eigenvalue weighted by atomic mass is 10.0. The van der Waals surface area contributed by atoms with Gasteiger partial charge in [-0.2, -0.15) is 0 Å². The van der Waals surface area contributed by atoms with E-state index in [9.17, 15) is 4.79 Å². The molecule has 0 atom stereocenters. The first kappa shape index (κ1) is 17.6. The second-order valence-electron chi connectivity index (χ2n) is 5.52. The van der Waals surface area contributed by atoms with Crippen molar-refractivity contribution in [2.45, 2.75) is 0 Å². The van der Waals surface area contributed by atoms with E-state index < -0.39 is 0 Å². The van der Waals surface area contributed by atoms with Gasteiger partial charge in [-0.3, -0.25) is 10.1 Å². The van der Waals surface area contributed by atoms with Crippen LogP contribution in [-0.4, -0.2) is 17.6 Å². The maximum Gasteiger partial charge on any atom is 0.264 e. The number of benzene rings is 3. The van der Waals surface area contributed by atoms with Crippen LogP contribution in [-0.2, 0) is 4.79 Å². The van der Waals surface area contributed by atoms with Crippen molar-refractivity contribution in [2.75, 3.05) is 11.9 Å². The van der Waals surface area contributed by atoms with E-state index in [1.54, 1.807) is 12.1 Å². The maximum atomic E-state index is 12.0. The maximum absolute atomic E-state index is 12.0. The van der Waals surface area contributed by atoms with Crippen LogP contribution in [0.5, 0.6) is 5.75 Å². The molecule has 0 aliphatic heterocycles. The summed E-state index contributed by atoms with van der Waals surface area (Å²) in [7, 11) is 0. The first-order chi connectivity index (χ1) is 12.7. The molecule has 0 aromatic heterocycles. The largest absolute Gasteiger partial charge is 0.484 e. The molecule has 0 aliphatic rings. The number of nitrogens with one attached hydrogen (secondary N) is 2. The summed E-state index contributed by atoms with van der Waals surface area (Å²) in [6, 6.07) is 26.9. The van der Waals surface area contributed by atoms with E-state index in [0.717, 1.165) is 16.8 Å². The van der Waals surface area contributed by atoms with Crippen molar-refractivity contribution in [1.29, 1.82) is 0 Å². The minimum atomic E-state index is -0.316. The van der Waals surface area contributed by atoms with Gasteiger partial charge in [0.15, 0.2) is 11.7 Å². The third kappa shape index (κ3) is 4.91. The minimum absolute atomic E-state index is 0.105. The molecule has 3 aromatic carbocycles. The van der Waals surface area contributed by atoms with E-state index in [-0.39, 0.29) is 17.6 Å². The Morgan fingerprint density at radius 2 is 1.46 bits per heavy atom. The lowest BCUT2D eigenvalue weighted by molar-refractivity contribution is -0.121. The summed E-state index contributed by atoms with van der Waals surface area (Å²) in [5, 5.41) is 5.95. The Morgan fingerprint density at radius 3 is 2.19 bits per heavy atom. The summed E-state index contributed by atoms with van der Waals surface area (Å²) in [6.45, 7) is -0.105. The van der Waals surface area contributed by atoms with Gasteiger partial charge in [0.25, 0.3) is 5.91 Å². The topological polar surface area (TPSA) is 50.4 Å². The Morgan fingerprint density at radius 1 is 0.846 bits per heavy atom. The Kier molecular flexibility index (Phi) is 5.96. The fourth-order valence-corrected chi connectivity index (χ4v) is 2.67. The van der Waals surface area contributed by atoms with Crippen LogP contribution in [0.4, 0.5) is 5.69 Å². The van der Waals surface area contributed by atoms with E-state index in [2.05, 4.69) is 10.6 Å². The second kappa shape index (κ2) is 8.78. The summed E-state index contributed by atoms with van der Waals surface area (Å²) in [5.41, 5.74) is 2.90. The molecule has 0 unspecified atom stereocenters. The zero-order valence-corrected chi connectivity index (χ0v) is 14.8. The standard InChI is InChI=1S/C21H18N2O2S/c24-20(15-25-17-11-5-2-6-12-17)23-21(26)22-19-14-8-7-13-18(19)16-9-3-1-4-10-16/h1-14H,15H2,(H2,22,23,24,26). The molecule has 0 bridgehead atoms. The van der Waals surface area contributed by atoms with Crippen LogP contribution in [0.1, 0.15) is 0 Å². The number of ether oxygens (including phenoxy) is 1. The smallest absolute Gasteiger partial charge is 0.264 e. The van der Waals surface area contributed by atoms with Crippen molar-refractivity contribution >= 4 is 28.9 Å². The molecule has 130 valence electrons. The highest BCUT2D eigenvalue weighted by molar-refractivity contribution is 7.80. The SMILES string of the molecule is O=C(COc1ccccc1)NC(=S)Nc1ccccc1-c1ccccc1. The number of carbonyl (C=O) groups is 1. The number of rotatable bonds is 5. The van der Waals surface area contributed by atoms with E-state index in [0.29, 0.717) is 5.75 Å². The molecule has 0 aliphatic carbocycles. The monoisotopic (exact) mass is 362 g/mol. The Hall–Kier alpha value is -3.18. The number of anilines is 1. The third-order valence-corrected chi connectivity index (χ3v) is 3.83. The summed E-state index contributed by atoms with van der Waals surface area (Å²) >= 11 is 5.25. The zero-order valence-electron chi connectivity index (χ0n) is 14.0. The summed E-state index contributed by atoms with van der Waals surface area (Å²) in [4.78, 5) is 12.0. The lowest BCUT2D eigenvalue weighted by Crippen LogP contribution is -2.37. The third-order valence-electron chi connectivity index (χ3n) is 3.63. The van der Waals surface area contributed by atoms with Crippen LogP contribution in [0.15, 0.2) is 84.9 Å². The normalized spacial score (nSPS) is 10.0. The molecule has 0 spiro atoms. The van der Waals surface area contributed by atoms with Gasteiger partial charge in [0.1, 0.15) is 5.75 Å². The van der Waals surface area contributed by atoms with Crippen LogP contribution in [0.2, 0.25) is 0 Å². The van der Waals surface area contributed by atoms with Crippen LogP contribution >= 0.6 is 12.2 Å². The molecule has 0 saturated carbocycles. The number of carbonyl (C=O) groups excluding carboxylic acids is 1. The highest BCUT2D eigenvalue weighted by Crippen LogP contribution is 2.27. The van der Waals surface area contributed by atoms with Gasteiger partial charge in [0, 0.05) is 11.3 Å². The van der Waals surface area contributed by atoms with Crippen molar-refractivity contribution in [3.05, 3.63) is 84.9 Å². The molecular weight excluding hydrogens is 344 g/mol. The number of para-hydroxylation sites is 2. The predicted octanol–water partition coefficient (Wildman–Crippen LogP) is 4.25. The molecule has 4 nitrogen and oxygen atoms in total. The average molecular weight is 362 g/mol. The summed E-state index contributed by atoms with van der Waals surface area (Å²) < 4.78 is 5.41. The van der Waals surface area contributed by atoms with Crippen molar-refractivity contribution in [1.82, 2.24) is 5.32 Å². The van der Waals surface area contributed by atoms with Gasteiger partial charge in [-0.15, -0.1) is 0 Å². The van der Waals surface area contributed by atoms with Gasteiger partial charge in [0.2, 0.25) is 0 Å². The molecule has 5 heteroatoms. The van der Waals surface area contributed by atoms with Gasteiger partial charge in [-0.25, -0.2) is 0 Å². The lowest BCUT2D eigenvalue weighted by Gasteiger charge is -2.14. The quantitative estimate of drug-likeness (QED) is 0.667. The van der Waals surface area contributed by atoms with E-state index >= 15 is 0 Å². The van der Waals surface area contributed by atoms with Gasteiger partial charge in [-0.1, -0.05) is 66.7 Å². The molecule has 3 rings (SSSR count). The van der Waals surface area contributed by atoms with Crippen LogP contribution in [0.25, 0.3) is 11.1 Å². The fraction of sp³-hybridized carbons (Fsp3) is 0.0476. The van der Waals surface area contributed by atoms with Gasteiger partial charge in [0.05, 0.1) is 0 Å². The number of amides is 1. The molecule has 0 radical (unpaired) electrons. The Bertz CT molecular complexity index is 883. The molecule has 2 N–H and O–H groups in total. The van der Waals surface area contributed by atoms with E-state index in [1.807, 2.05) is 72.8 Å². The van der Waals surface area contributed by atoms with E-state index in [4.69, 9.17) is 17.0 Å². The predicted molar refractivity (Wildman–Crippen MR) is 108 cm³/mol. The Balaban J connectivity index is 1.59. The molecule has 1 amide bonds. The zero-order chi connectivity index (χ0) is 18.2. The molecule has 26 heavy (non-hydrogen) atoms. The number of hydrogen-bond donors (Lipinski definition) is 2. The highest BCUT2D eigenvalue weighted by atomic mass is 32.1. The van der Waals surface area contributed by atoms with Gasteiger partial charge in [-0.05, 0) is 36.0 Å². The molecule has 0 fully saturated rings. The second-order valence-corrected chi connectivity index (χ2v) is 5.92. The molecule has 0 heterocycles. The van der Waals surface area contributed by atoms with Crippen LogP contribution < -0.4 is 15.4 Å². The molecule has 0 saturated heterocycles. The van der Waals surface area contributed by atoms with Crippen LogP contribution in [0.3, 0.4) is 0 Å².